The number of esters is 1. The summed E-state index contributed by atoms with van der Waals surface area (Å²) in [5, 5.41) is 3.46. The quantitative estimate of drug-likeness (QED) is 0.622. The highest BCUT2D eigenvalue weighted by Gasteiger charge is 2.45. The van der Waals surface area contributed by atoms with Gasteiger partial charge in [-0.2, -0.15) is 0 Å². The van der Waals surface area contributed by atoms with Gasteiger partial charge in [0.15, 0.2) is 0 Å². The predicted molar refractivity (Wildman–Crippen MR) is 106 cm³/mol. The van der Waals surface area contributed by atoms with Crippen molar-refractivity contribution in [3.05, 3.63) is 107 Å². The van der Waals surface area contributed by atoms with Crippen molar-refractivity contribution in [2.75, 3.05) is 5.32 Å². The van der Waals surface area contributed by atoms with Crippen LogP contribution >= 0.6 is 0 Å². The molecule has 1 N–H and O–H groups in total. The molecule has 28 heavy (non-hydrogen) atoms. The number of ether oxygens (including phenoxy) is 1. The van der Waals surface area contributed by atoms with Crippen molar-refractivity contribution in [2.45, 2.75) is 12.0 Å². The topological polar surface area (TPSA) is 38.3 Å². The van der Waals surface area contributed by atoms with Crippen LogP contribution in [0.2, 0.25) is 0 Å². The van der Waals surface area contributed by atoms with E-state index in [2.05, 4.69) is 5.32 Å². The molecule has 5 rings (SSSR count). The van der Waals surface area contributed by atoms with Crippen molar-refractivity contribution >= 4 is 17.4 Å². The number of fused-ring (bicyclic) bond motifs is 3. The van der Waals surface area contributed by atoms with Crippen LogP contribution in [0.4, 0.5) is 10.1 Å². The summed E-state index contributed by atoms with van der Waals surface area (Å²) < 4.78 is 19.2. The Bertz CT molecular complexity index is 1060. The maximum atomic E-state index is 13.4. The molecule has 4 heteroatoms. The van der Waals surface area contributed by atoms with Gasteiger partial charge < -0.3 is 10.1 Å². The van der Waals surface area contributed by atoms with Gasteiger partial charge in [0.05, 0.1) is 12.0 Å². The Labute approximate surface area is 162 Å². The molecule has 0 aliphatic carbocycles. The third kappa shape index (κ3) is 2.78. The van der Waals surface area contributed by atoms with Gasteiger partial charge in [-0.3, -0.25) is 4.79 Å². The van der Waals surface area contributed by atoms with Gasteiger partial charge in [0, 0.05) is 17.2 Å². The highest BCUT2D eigenvalue weighted by atomic mass is 19.1. The van der Waals surface area contributed by atoms with Crippen molar-refractivity contribution < 1.29 is 13.9 Å². The minimum Gasteiger partial charge on any atom is -0.426 e. The van der Waals surface area contributed by atoms with E-state index in [1.54, 1.807) is 12.1 Å². The minimum atomic E-state index is -0.423. The molecule has 0 amide bonds. The number of allylic oxidation sites excluding steroid dienone is 1. The first-order valence-electron chi connectivity index (χ1n) is 9.30. The van der Waals surface area contributed by atoms with Gasteiger partial charge in [0.2, 0.25) is 0 Å². The van der Waals surface area contributed by atoms with Crippen molar-refractivity contribution in [1.82, 2.24) is 0 Å². The number of carbonyl (C=O) groups excluding carboxylic acids is 1. The van der Waals surface area contributed by atoms with Crippen LogP contribution in [0.1, 0.15) is 28.7 Å². The molecular weight excluding hydrogens is 353 g/mol. The van der Waals surface area contributed by atoms with Crippen LogP contribution in [0.5, 0.6) is 0 Å². The van der Waals surface area contributed by atoms with Crippen LogP contribution in [0, 0.1) is 11.7 Å². The Hall–Kier alpha value is -3.40. The smallest absolute Gasteiger partial charge is 0.317 e. The Morgan fingerprint density at radius 2 is 1.57 bits per heavy atom. The molecule has 2 aliphatic rings. The summed E-state index contributed by atoms with van der Waals surface area (Å²) in [6, 6.07) is 23.7. The van der Waals surface area contributed by atoms with Crippen molar-refractivity contribution in [1.29, 1.82) is 0 Å². The van der Waals surface area contributed by atoms with E-state index in [-0.39, 0.29) is 23.7 Å². The standard InChI is InChI=1S/C24H18FNO2/c25-17-12-10-16(11-13-17)23-22-19(18-8-4-5-9-20(18)26-23)14-21(28-24(22)27)15-6-2-1-3-7-15/h1-14,19,22-23,26H/t19-,22-,23+/m1/s1. The monoisotopic (exact) mass is 371 g/mol. The maximum Gasteiger partial charge on any atom is 0.317 e. The molecule has 0 radical (unpaired) electrons. The summed E-state index contributed by atoms with van der Waals surface area (Å²) in [6.07, 6.45) is 2.04. The first kappa shape index (κ1) is 16.8. The third-order valence-corrected chi connectivity index (χ3v) is 5.48. The second-order valence-electron chi connectivity index (χ2n) is 7.13. The molecule has 138 valence electrons. The predicted octanol–water partition coefficient (Wildman–Crippen LogP) is 5.29. The molecule has 0 saturated carbocycles. The number of hydrogen-bond donors (Lipinski definition) is 1. The van der Waals surface area contributed by atoms with E-state index in [9.17, 15) is 9.18 Å². The van der Waals surface area contributed by atoms with Crippen LogP contribution in [0.15, 0.2) is 84.9 Å². The lowest BCUT2D eigenvalue weighted by Gasteiger charge is -2.40. The summed E-state index contributed by atoms with van der Waals surface area (Å²) in [7, 11) is 0. The van der Waals surface area contributed by atoms with E-state index in [0.717, 1.165) is 22.4 Å². The molecule has 0 spiro atoms. The largest absolute Gasteiger partial charge is 0.426 e. The first-order valence-corrected chi connectivity index (χ1v) is 9.30. The van der Waals surface area contributed by atoms with E-state index in [1.165, 1.54) is 12.1 Å². The van der Waals surface area contributed by atoms with Gasteiger partial charge in [0.1, 0.15) is 11.6 Å². The second kappa shape index (κ2) is 6.64. The van der Waals surface area contributed by atoms with Crippen LogP contribution in [-0.4, -0.2) is 5.97 Å². The summed E-state index contributed by atoms with van der Waals surface area (Å²) in [5.41, 5.74) is 3.79. The van der Waals surface area contributed by atoms with E-state index < -0.39 is 5.92 Å². The number of halogens is 1. The number of para-hydroxylation sites is 1. The third-order valence-electron chi connectivity index (χ3n) is 5.48. The van der Waals surface area contributed by atoms with Crippen LogP contribution in [0.3, 0.4) is 0 Å². The molecule has 0 unspecified atom stereocenters. The Morgan fingerprint density at radius 1 is 0.857 bits per heavy atom. The van der Waals surface area contributed by atoms with E-state index in [0.29, 0.717) is 5.76 Å². The van der Waals surface area contributed by atoms with Gasteiger partial charge in [-0.1, -0.05) is 60.7 Å². The molecule has 0 saturated heterocycles. The average molecular weight is 371 g/mol. The summed E-state index contributed by atoms with van der Waals surface area (Å²) in [5.74, 6) is -0.533. The van der Waals surface area contributed by atoms with Gasteiger partial charge in [0.25, 0.3) is 0 Å². The number of rotatable bonds is 2. The minimum absolute atomic E-state index is 0.121. The molecule has 2 aliphatic heterocycles. The van der Waals surface area contributed by atoms with Gasteiger partial charge in [-0.25, -0.2) is 4.39 Å². The number of hydrogen-bond acceptors (Lipinski definition) is 3. The first-order chi connectivity index (χ1) is 13.7. The van der Waals surface area contributed by atoms with Gasteiger partial charge in [-0.05, 0) is 35.4 Å². The molecule has 3 aromatic carbocycles. The van der Waals surface area contributed by atoms with Crippen LogP contribution in [0.25, 0.3) is 5.76 Å². The van der Waals surface area contributed by atoms with Crippen molar-refractivity contribution in [3.63, 3.8) is 0 Å². The van der Waals surface area contributed by atoms with Gasteiger partial charge in [-0.15, -0.1) is 0 Å². The van der Waals surface area contributed by atoms with Crippen LogP contribution in [-0.2, 0) is 9.53 Å². The maximum absolute atomic E-state index is 13.4. The van der Waals surface area contributed by atoms with Crippen molar-refractivity contribution in [3.8, 4) is 0 Å². The lowest BCUT2D eigenvalue weighted by Crippen LogP contribution is -2.39. The molecule has 3 aromatic rings. The zero-order chi connectivity index (χ0) is 19.1. The lowest BCUT2D eigenvalue weighted by molar-refractivity contribution is -0.143. The number of carbonyl (C=O) groups is 1. The molecule has 3 atom stereocenters. The number of benzene rings is 3. The van der Waals surface area contributed by atoms with E-state index in [4.69, 9.17) is 4.74 Å². The Kier molecular flexibility index (Phi) is 3.97. The normalized spacial score (nSPS) is 23.0. The molecule has 2 heterocycles. The summed E-state index contributed by atoms with van der Waals surface area (Å²) >= 11 is 0. The highest BCUT2D eigenvalue weighted by Crippen LogP contribution is 2.49. The molecule has 0 fully saturated rings. The molecule has 3 nitrogen and oxygen atoms in total. The number of nitrogens with one attached hydrogen (secondary N) is 1. The highest BCUT2D eigenvalue weighted by molar-refractivity contribution is 5.87. The van der Waals surface area contributed by atoms with E-state index >= 15 is 0 Å². The van der Waals surface area contributed by atoms with Crippen molar-refractivity contribution in [2.24, 2.45) is 5.92 Å². The Morgan fingerprint density at radius 3 is 2.36 bits per heavy atom. The lowest BCUT2D eigenvalue weighted by atomic mass is 9.73. The average Bonchev–Trinajstić information content (AvgIpc) is 2.74. The number of anilines is 1. The fourth-order valence-corrected chi connectivity index (χ4v) is 4.15. The summed E-state index contributed by atoms with van der Waals surface area (Å²) in [4.78, 5) is 13.1. The van der Waals surface area contributed by atoms with Gasteiger partial charge >= 0.3 is 5.97 Å². The molecule has 0 aromatic heterocycles. The second-order valence-corrected chi connectivity index (χ2v) is 7.13. The number of cyclic esters (lactones) is 1. The Balaban J connectivity index is 1.64. The SMILES string of the molecule is O=C1OC(c2ccccc2)=C[C@@H]2c3ccccc3N[C@@H](c3ccc(F)cc3)[C@H]12. The van der Waals surface area contributed by atoms with E-state index in [1.807, 2.05) is 60.7 Å². The molecular formula is C24H18FNO2. The zero-order valence-corrected chi connectivity index (χ0v) is 15.0. The zero-order valence-electron chi connectivity index (χ0n) is 15.0. The molecule has 0 bridgehead atoms. The van der Waals surface area contributed by atoms with Crippen LogP contribution < -0.4 is 5.32 Å². The fourth-order valence-electron chi connectivity index (χ4n) is 4.15. The summed E-state index contributed by atoms with van der Waals surface area (Å²) in [6.45, 7) is 0. The fraction of sp³-hybridized carbons (Fsp3) is 0.125.